The summed E-state index contributed by atoms with van der Waals surface area (Å²) in [6.45, 7) is 9.34. The number of benzene rings is 2. The molecule has 3 heterocycles. The highest BCUT2D eigenvalue weighted by atomic mass is 16.5. The Morgan fingerprint density at radius 2 is 1.57 bits per heavy atom. The van der Waals surface area contributed by atoms with E-state index in [4.69, 9.17) is 4.74 Å². The van der Waals surface area contributed by atoms with Crippen LogP contribution in [-0.4, -0.2) is 75.8 Å². The number of hydrogen-bond acceptors (Lipinski definition) is 7. The van der Waals surface area contributed by atoms with Crippen LogP contribution in [0.4, 0.5) is 0 Å². The van der Waals surface area contributed by atoms with Gasteiger partial charge in [-0.3, -0.25) is 19.4 Å². The quantitative estimate of drug-likeness (QED) is 0.186. The first-order valence-corrected chi connectivity index (χ1v) is 17.2. The van der Waals surface area contributed by atoms with E-state index in [1.807, 2.05) is 54.6 Å². The third kappa shape index (κ3) is 9.40. The summed E-state index contributed by atoms with van der Waals surface area (Å²) in [7, 11) is 0. The van der Waals surface area contributed by atoms with Crippen molar-refractivity contribution in [2.75, 3.05) is 19.7 Å². The third-order valence-electron chi connectivity index (χ3n) is 9.02. The Hall–Kier alpha value is -4.86. The molecule has 1 aromatic heterocycles. The summed E-state index contributed by atoms with van der Waals surface area (Å²) in [5, 5.41) is 12.2. The average molecular weight is 666 g/mol. The summed E-state index contributed by atoms with van der Waals surface area (Å²) in [4.78, 5) is 53.2. The Labute approximate surface area is 288 Å². The second kappa shape index (κ2) is 16.0. The van der Waals surface area contributed by atoms with Crippen molar-refractivity contribution in [1.29, 1.82) is 0 Å². The van der Waals surface area contributed by atoms with Gasteiger partial charge in [-0.2, -0.15) is 0 Å². The predicted octanol–water partition coefficient (Wildman–Crippen LogP) is 6.16. The maximum absolute atomic E-state index is 13.5. The Morgan fingerprint density at radius 3 is 2.18 bits per heavy atom. The summed E-state index contributed by atoms with van der Waals surface area (Å²) < 4.78 is 5.89. The van der Waals surface area contributed by atoms with Crippen molar-refractivity contribution < 1.29 is 24.2 Å². The molecule has 0 spiro atoms. The summed E-state index contributed by atoms with van der Waals surface area (Å²) >= 11 is 0. The van der Waals surface area contributed by atoms with Gasteiger partial charge in [0.1, 0.15) is 11.8 Å². The normalized spacial score (nSPS) is 16.5. The van der Waals surface area contributed by atoms with E-state index in [1.54, 1.807) is 18.6 Å². The molecule has 10 heteroatoms. The Balaban J connectivity index is 1.21. The predicted molar refractivity (Wildman–Crippen MR) is 190 cm³/mol. The van der Waals surface area contributed by atoms with Gasteiger partial charge < -0.3 is 20.1 Å². The number of carbonyl (C=O) groups is 3. The van der Waals surface area contributed by atoms with Crippen molar-refractivity contribution in [3.05, 3.63) is 78.1 Å². The lowest BCUT2D eigenvalue weighted by Gasteiger charge is -2.39. The van der Waals surface area contributed by atoms with Crippen molar-refractivity contribution in [3.8, 4) is 28.3 Å². The number of likely N-dealkylation sites (tertiary alicyclic amines) is 1. The topological polar surface area (TPSA) is 134 Å². The van der Waals surface area contributed by atoms with E-state index in [0.717, 1.165) is 41.0 Å². The minimum absolute atomic E-state index is 0.125. The molecule has 2 amide bonds. The Bertz CT molecular complexity index is 1650. The fourth-order valence-corrected chi connectivity index (χ4v) is 5.79. The van der Waals surface area contributed by atoms with Crippen LogP contribution >= 0.6 is 0 Å². The number of ether oxygens (including phenoxy) is 1. The van der Waals surface area contributed by atoms with Crippen LogP contribution in [0.3, 0.4) is 0 Å². The number of carbonyl (C=O) groups excluding carboxylic acids is 2. The largest absolute Gasteiger partial charge is 0.494 e. The Kier molecular flexibility index (Phi) is 11.6. The highest BCUT2D eigenvalue weighted by Crippen LogP contribution is 2.28. The number of aliphatic imine (C=N–C) groups is 1. The minimum atomic E-state index is -0.928. The lowest BCUT2D eigenvalue weighted by atomic mass is 9.87. The molecule has 5 rings (SSSR count). The van der Waals surface area contributed by atoms with Crippen molar-refractivity contribution in [2.45, 2.75) is 78.3 Å². The maximum atomic E-state index is 13.5. The van der Waals surface area contributed by atoms with E-state index in [0.29, 0.717) is 11.4 Å². The van der Waals surface area contributed by atoms with Gasteiger partial charge in [0.05, 0.1) is 24.1 Å². The van der Waals surface area contributed by atoms with E-state index in [2.05, 4.69) is 48.0 Å². The number of amides is 2. The maximum Gasteiger partial charge on any atom is 0.310 e. The second-order valence-electron chi connectivity index (χ2n) is 14.0. The summed E-state index contributed by atoms with van der Waals surface area (Å²) in [5.74, 6) is -0.782. The van der Waals surface area contributed by atoms with Crippen LogP contribution in [0.1, 0.15) is 65.4 Å². The number of hydrogen-bond donors (Lipinski definition) is 2. The molecule has 10 nitrogen and oxygen atoms in total. The first kappa shape index (κ1) is 35.4. The number of carboxylic acid groups (broad SMARTS) is 1. The summed E-state index contributed by atoms with van der Waals surface area (Å²) in [5.41, 5.74) is 3.82. The van der Waals surface area contributed by atoms with Gasteiger partial charge in [-0.1, -0.05) is 89.8 Å². The van der Waals surface area contributed by atoms with Crippen LogP contribution < -0.4 is 10.1 Å². The zero-order valence-electron chi connectivity index (χ0n) is 28.9. The fraction of sp³-hybridized carbons (Fsp3) is 0.436. The first-order chi connectivity index (χ1) is 23.5. The fourth-order valence-electron chi connectivity index (χ4n) is 5.79. The third-order valence-corrected chi connectivity index (χ3v) is 9.02. The van der Waals surface area contributed by atoms with Crippen LogP contribution in [0.15, 0.2) is 77.6 Å². The van der Waals surface area contributed by atoms with Gasteiger partial charge in [-0.25, -0.2) is 9.97 Å². The van der Waals surface area contributed by atoms with E-state index >= 15 is 0 Å². The highest BCUT2D eigenvalue weighted by molar-refractivity contribution is 6.14. The van der Waals surface area contributed by atoms with Gasteiger partial charge in [-0.15, -0.1) is 0 Å². The van der Waals surface area contributed by atoms with Crippen LogP contribution in [0.2, 0.25) is 0 Å². The van der Waals surface area contributed by atoms with Gasteiger partial charge in [0.15, 0.2) is 5.82 Å². The van der Waals surface area contributed by atoms with Gasteiger partial charge in [-0.05, 0) is 41.2 Å². The molecular weight excluding hydrogens is 618 g/mol. The number of nitrogens with one attached hydrogen (secondary N) is 1. The molecule has 1 saturated heterocycles. The zero-order valence-corrected chi connectivity index (χ0v) is 28.9. The van der Waals surface area contributed by atoms with Crippen LogP contribution in [0.25, 0.3) is 22.5 Å². The smallest absolute Gasteiger partial charge is 0.310 e. The molecule has 2 aromatic carbocycles. The second-order valence-corrected chi connectivity index (χ2v) is 14.0. The van der Waals surface area contributed by atoms with E-state index in [-0.39, 0.29) is 42.8 Å². The lowest BCUT2D eigenvalue weighted by Crippen LogP contribution is -2.59. The summed E-state index contributed by atoms with van der Waals surface area (Å²) in [6, 6.07) is 14.5. The highest BCUT2D eigenvalue weighted by Gasteiger charge is 2.39. The Morgan fingerprint density at radius 1 is 0.918 bits per heavy atom. The van der Waals surface area contributed by atoms with Gasteiger partial charge >= 0.3 is 5.97 Å². The monoisotopic (exact) mass is 665 g/mol. The molecule has 0 aliphatic carbocycles. The van der Waals surface area contributed by atoms with Gasteiger partial charge in [0.2, 0.25) is 5.91 Å². The molecule has 1 unspecified atom stereocenters. The number of unbranched alkanes of at least 4 members (excludes halogenated alkanes) is 4. The van der Waals surface area contributed by atoms with Crippen molar-refractivity contribution >= 4 is 24.0 Å². The standard InChI is InChI=1S/C39H47N5O5/c1-5-6-7-8-9-18-49-32-16-14-27(15-17-32)30-22-41-35(42-23-30)28-12-10-26(11-13-28)19-33(37(46)44-24-31(25-44)38(47)48)43-36(45)29-20-34(40-21-29)39(2,3)4/h10-17,20-23,31,33-34H,5-9,18-19,24-25H2,1-4H3,(H,43,45)(H,47,48)/t33-,34?/m0/s1. The van der Waals surface area contributed by atoms with Crippen LogP contribution in [-0.2, 0) is 20.8 Å². The number of aromatic nitrogens is 2. The molecule has 258 valence electrons. The number of carboxylic acids is 1. The van der Waals surface area contributed by atoms with Crippen molar-refractivity contribution in [1.82, 2.24) is 20.2 Å². The zero-order chi connectivity index (χ0) is 35.0. The molecule has 2 N–H and O–H groups in total. The molecule has 0 saturated carbocycles. The van der Waals surface area contributed by atoms with E-state index < -0.39 is 17.9 Å². The number of nitrogens with zero attached hydrogens (tertiary/aromatic N) is 4. The minimum Gasteiger partial charge on any atom is -0.494 e. The number of aliphatic carboxylic acids is 1. The van der Waals surface area contributed by atoms with Crippen LogP contribution in [0, 0.1) is 11.3 Å². The van der Waals surface area contributed by atoms with Crippen LogP contribution in [0.5, 0.6) is 5.75 Å². The van der Waals surface area contributed by atoms with Gasteiger partial charge in [0, 0.05) is 49.2 Å². The van der Waals surface area contributed by atoms with E-state index in [9.17, 15) is 19.5 Å². The molecule has 2 aliphatic heterocycles. The summed E-state index contributed by atoms with van der Waals surface area (Å²) in [6.07, 6.45) is 13.2. The van der Waals surface area contributed by atoms with Crippen molar-refractivity contribution in [2.24, 2.45) is 16.3 Å². The lowest BCUT2D eigenvalue weighted by molar-refractivity contribution is -0.154. The van der Waals surface area contributed by atoms with E-state index in [1.165, 1.54) is 30.6 Å². The average Bonchev–Trinajstić information content (AvgIpc) is 3.58. The van der Waals surface area contributed by atoms with Crippen molar-refractivity contribution in [3.63, 3.8) is 0 Å². The SMILES string of the molecule is CCCCCCCOc1ccc(-c2cnc(-c3ccc(C[C@H](NC(=O)C4=CC(C(C)(C)C)N=C4)C(=O)N4CC(C(=O)O)C4)cc3)nc2)cc1. The first-order valence-electron chi connectivity index (χ1n) is 17.2. The molecule has 0 bridgehead atoms. The molecular formula is C39H47N5O5. The number of rotatable bonds is 15. The van der Waals surface area contributed by atoms with Gasteiger partial charge in [0.25, 0.3) is 5.91 Å². The molecule has 2 atom stereocenters. The molecule has 49 heavy (non-hydrogen) atoms. The molecule has 2 aliphatic rings. The molecule has 1 fully saturated rings. The molecule has 0 radical (unpaired) electrons. The molecule has 3 aromatic rings.